The van der Waals surface area contributed by atoms with E-state index in [1.54, 1.807) is 19.1 Å². The predicted molar refractivity (Wildman–Crippen MR) is 155 cm³/mol. The number of thiophene rings is 1. The Kier molecular flexibility index (Phi) is 9.46. The number of ether oxygens (including phenoxy) is 2. The summed E-state index contributed by atoms with van der Waals surface area (Å²) in [6.07, 6.45) is 2.18. The average molecular weight is 584 g/mol. The van der Waals surface area contributed by atoms with E-state index < -0.39 is 23.8 Å². The highest BCUT2D eigenvalue weighted by molar-refractivity contribution is 7.98. The van der Waals surface area contributed by atoms with Crippen LogP contribution < -0.4 is 21.3 Å². The number of rotatable bonds is 12. The molecule has 0 unspecified atom stereocenters. The number of carbonyl (C=O) groups excluding carboxylic acids is 1. The number of methoxy groups -OCH3 is 1. The quantitative estimate of drug-likeness (QED) is 0.191. The first-order valence-electron chi connectivity index (χ1n) is 12.4. The van der Waals surface area contributed by atoms with Crippen LogP contribution >= 0.6 is 23.1 Å². The molecule has 0 aliphatic rings. The van der Waals surface area contributed by atoms with Gasteiger partial charge in [-0.15, -0.1) is 23.1 Å². The molecule has 0 fully saturated rings. The average Bonchev–Trinajstić information content (AvgIpc) is 3.34. The fourth-order valence-corrected chi connectivity index (χ4v) is 6.20. The molecular formula is C28H29N3O7S2. The number of benzene rings is 2. The number of hydrogen-bond acceptors (Lipinski definition) is 8. The molecule has 2 heterocycles. The molecule has 210 valence electrons. The highest BCUT2D eigenvalue weighted by atomic mass is 32.2. The van der Waals surface area contributed by atoms with Crippen molar-refractivity contribution in [1.29, 1.82) is 0 Å². The topological polar surface area (TPSA) is 129 Å². The summed E-state index contributed by atoms with van der Waals surface area (Å²) in [5, 5.41) is 12.6. The number of carboxylic acid groups (broad SMARTS) is 1. The predicted octanol–water partition coefficient (Wildman–Crippen LogP) is 3.76. The first-order chi connectivity index (χ1) is 19.3. The lowest BCUT2D eigenvalue weighted by Crippen LogP contribution is -2.41. The molecule has 2 aromatic heterocycles. The van der Waals surface area contributed by atoms with Gasteiger partial charge in [-0.05, 0) is 47.7 Å². The summed E-state index contributed by atoms with van der Waals surface area (Å²) in [6.45, 7) is 1.20. The van der Waals surface area contributed by atoms with Crippen LogP contribution in [0, 0.1) is 0 Å². The normalized spacial score (nSPS) is 11.1. The van der Waals surface area contributed by atoms with Crippen LogP contribution in [0.4, 0.5) is 0 Å². The molecule has 4 aromatic rings. The summed E-state index contributed by atoms with van der Waals surface area (Å²) in [4.78, 5) is 53.2. The first kappa shape index (κ1) is 29.1. The number of carbonyl (C=O) groups is 2. The maximum absolute atomic E-state index is 13.7. The van der Waals surface area contributed by atoms with E-state index in [1.165, 1.54) is 34.8 Å². The summed E-state index contributed by atoms with van der Waals surface area (Å²) in [5.41, 5.74) is 0.702. The van der Waals surface area contributed by atoms with Crippen LogP contribution in [0.15, 0.2) is 63.0 Å². The lowest BCUT2D eigenvalue weighted by atomic mass is 10.1. The van der Waals surface area contributed by atoms with Crippen molar-refractivity contribution in [2.24, 2.45) is 0 Å². The third-order valence-corrected chi connectivity index (χ3v) is 8.35. The standard InChI is InChI=1S/C28H29N3O7S2/c1-4-22(32)29-13-20-24-26(35)30(15-23(33)34)28(36)31(14-18-7-5-6-8-21(18)39-3)27(24)40-25(20)17-9-11-19(12-10-17)38-16-37-2/h5-12H,4,13-16H2,1-3H3,(H,29,32)(H,33,34). The van der Waals surface area contributed by atoms with Gasteiger partial charge in [0.05, 0.1) is 11.9 Å². The molecule has 4 rings (SSSR count). The second-order valence-corrected chi connectivity index (χ2v) is 10.6. The molecule has 0 saturated carbocycles. The lowest BCUT2D eigenvalue weighted by molar-refractivity contribution is -0.137. The van der Waals surface area contributed by atoms with Gasteiger partial charge in [0.15, 0.2) is 6.79 Å². The number of nitrogens with one attached hydrogen (secondary N) is 1. The molecule has 2 N–H and O–H groups in total. The van der Waals surface area contributed by atoms with Crippen molar-refractivity contribution in [3.05, 3.63) is 80.5 Å². The van der Waals surface area contributed by atoms with Crippen molar-refractivity contribution < 1.29 is 24.2 Å². The summed E-state index contributed by atoms with van der Waals surface area (Å²) < 4.78 is 12.6. The molecule has 0 aliphatic carbocycles. The van der Waals surface area contributed by atoms with Crippen LogP contribution in [0.5, 0.6) is 5.75 Å². The monoisotopic (exact) mass is 583 g/mol. The molecule has 0 radical (unpaired) electrons. The second-order valence-electron chi connectivity index (χ2n) is 8.76. The number of amides is 1. The van der Waals surface area contributed by atoms with Gasteiger partial charge < -0.3 is 19.9 Å². The summed E-state index contributed by atoms with van der Waals surface area (Å²) in [7, 11) is 1.52. The Labute approximate surface area is 238 Å². The lowest BCUT2D eigenvalue weighted by Gasteiger charge is -2.13. The van der Waals surface area contributed by atoms with Gasteiger partial charge in [-0.25, -0.2) is 9.36 Å². The van der Waals surface area contributed by atoms with Gasteiger partial charge in [0.1, 0.15) is 17.1 Å². The van der Waals surface area contributed by atoms with Gasteiger partial charge in [0.25, 0.3) is 5.56 Å². The zero-order chi connectivity index (χ0) is 28.8. The van der Waals surface area contributed by atoms with Crippen molar-refractivity contribution in [3.8, 4) is 16.2 Å². The third kappa shape index (κ3) is 6.14. The van der Waals surface area contributed by atoms with Gasteiger partial charge in [-0.2, -0.15) is 0 Å². The molecule has 0 aliphatic heterocycles. The molecule has 0 bridgehead atoms. The Morgan fingerprint density at radius 3 is 2.45 bits per heavy atom. The van der Waals surface area contributed by atoms with Crippen LogP contribution in [0.2, 0.25) is 0 Å². The number of thioether (sulfide) groups is 1. The number of fused-ring (bicyclic) bond motifs is 1. The molecule has 40 heavy (non-hydrogen) atoms. The van der Waals surface area contributed by atoms with Crippen LogP contribution in [0.1, 0.15) is 24.5 Å². The zero-order valence-electron chi connectivity index (χ0n) is 22.3. The van der Waals surface area contributed by atoms with Gasteiger partial charge >= 0.3 is 11.7 Å². The number of hydrogen-bond donors (Lipinski definition) is 2. The highest BCUT2D eigenvalue weighted by Gasteiger charge is 2.24. The Morgan fingerprint density at radius 2 is 1.80 bits per heavy atom. The molecule has 0 atom stereocenters. The van der Waals surface area contributed by atoms with Crippen LogP contribution in [-0.2, 0) is 34.0 Å². The number of nitrogens with zero attached hydrogens (tertiary/aromatic N) is 2. The number of aliphatic carboxylic acids is 1. The van der Waals surface area contributed by atoms with Gasteiger partial charge in [-0.3, -0.25) is 19.0 Å². The minimum Gasteiger partial charge on any atom is -0.480 e. The van der Waals surface area contributed by atoms with Crippen molar-refractivity contribution in [2.45, 2.75) is 37.9 Å². The van der Waals surface area contributed by atoms with E-state index in [-0.39, 0.29) is 37.6 Å². The van der Waals surface area contributed by atoms with E-state index in [0.29, 0.717) is 21.0 Å². The maximum atomic E-state index is 13.7. The Balaban J connectivity index is 2.00. The zero-order valence-corrected chi connectivity index (χ0v) is 23.9. The SMILES string of the molecule is CCC(=O)NCc1c(-c2ccc(OCOC)cc2)sc2c1c(=O)n(CC(=O)O)c(=O)n2Cc1ccccc1SC. The first-order valence-corrected chi connectivity index (χ1v) is 14.4. The van der Waals surface area contributed by atoms with E-state index in [4.69, 9.17) is 9.47 Å². The van der Waals surface area contributed by atoms with E-state index in [1.807, 2.05) is 42.7 Å². The summed E-state index contributed by atoms with van der Waals surface area (Å²) >= 11 is 2.78. The third-order valence-electron chi connectivity index (χ3n) is 6.21. The van der Waals surface area contributed by atoms with Crippen molar-refractivity contribution in [2.75, 3.05) is 20.2 Å². The second kappa shape index (κ2) is 13.0. The molecule has 12 heteroatoms. The Morgan fingerprint density at radius 1 is 1.07 bits per heavy atom. The minimum atomic E-state index is -1.31. The van der Waals surface area contributed by atoms with E-state index in [2.05, 4.69) is 5.32 Å². The maximum Gasteiger partial charge on any atom is 0.332 e. The van der Waals surface area contributed by atoms with Gasteiger partial charge in [0.2, 0.25) is 5.91 Å². The molecule has 0 saturated heterocycles. The van der Waals surface area contributed by atoms with Gasteiger partial charge in [0, 0.05) is 35.4 Å². The number of aromatic nitrogens is 2. The summed E-state index contributed by atoms with van der Waals surface area (Å²) in [6, 6.07) is 14.8. The molecule has 0 spiro atoms. The van der Waals surface area contributed by atoms with E-state index in [9.17, 15) is 24.3 Å². The van der Waals surface area contributed by atoms with Crippen LogP contribution in [0.3, 0.4) is 0 Å². The highest BCUT2D eigenvalue weighted by Crippen LogP contribution is 2.38. The van der Waals surface area contributed by atoms with Crippen molar-refractivity contribution in [3.63, 3.8) is 0 Å². The van der Waals surface area contributed by atoms with Gasteiger partial charge in [-0.1, -0.05) is 25.1 Å². The summed E-state index contributed by atoms with van der Waals surface area (Å²) in [5.74, 6) is -0.929. The van der Waals surface area contributed by atoms with Crippen molar-refractivity contribution >= 4 is 45.2 Å². The van der Waals surface area contributed by atoms with Crippen molar-refractivity contribution in [1.82, 2.24) is 14.5 Å². The Bertz CT molecular complexity index is 1660. The fraction of sp³-hybridized carbons (Fsp3) is 0.286. The molecule has 10 nitrogen and oxygen atoms in total. The Hall–Kier alpha value is -3.87. The smallest absolute Gasteiger partial charge is 0.332 e. The van der Waals surface area contributed by atoms with E-state index >= 15 is 0 Å². The van der Waals surface area contributed by atoms with E-state index in [0.717, 1.165) is 20.6 Å². The molecular weight excluding hydrogens is 554 g/mol. The van der Waals surface area contributed by atoms with Crippen LogP contribution in [-0.4, -0.2) is 46.3 Å². The molecule has 2 aromatic carbocycles. The fourth-order valence-electron chi connectivity index (χ4n) is 4.28. The number of carboxylic acids is 1. The molecule has 1 amide bonds. The largest absolute Gasteiger partial charge is 0.480 e. The minimum absolute atomic E-state index is 0.0336. The van der Waals surface area contributed by atoms with Crippen LogP contribution in [0.25, 0.3) is 20.7 Å².